The Morgan fingerprint density at radius 2 is 2.00 bits per heavy atom. The fraction of sp³-hybridized carbons (Fsp3) is 0.368. The number of hydrogen-bond donors (Lipinski definition) is 2. The molecule has 0 aromatic heterocycles. The summed E-state index contributed by atoms with van der Waals surface area (Å²) >= 11 is 0. The summed E-state index contributed by atoms with van der Waals surface area (Å²) in [4.78, 5) is 32.1. The topological polar surface area (TPSA) is 138 Å². The van der Waals surface area contributed by atoms with Gasteiger partial charge in [-0.3, -0.25) is 15.4 Å². The van der Waals surface area contributed by atoms with Gasteiger partial charge < -0.3 is 20.3 Å². The van der Waals surface area contributed by atoms with Gasteiger partial charge in [-0.05, 0) is 30.9 Å². The van der Waals surface area contributed by atoms with Gasteiger partial charge in [0.15, 0.2) is 0 Å². The molecule has 1 aliphatic rings. The van der Waals surface area contributed by atoms with E-state index < -0.39 is 9.85 Å². The predicted octanol–water partition coefficient (Wildman–Crippen LogP) is 3.29. The van der Waals surface area contributed by atoms with Crippen molar-refractivity contribution >= 4 is 28.7 Å². The van der Waals surface area contributed by atoms with E-state index in [-0.39, 0.29) is 17.5 Å². The van der Waals surface area contributed by atoms with Crippen LogP contribution in [0.2, 0.25) is 0 Å². The summed E-state index contributed by atoms with van der Waals surface area (Å²) in [5.74, 6) is 0.222. The molecule has 0 unspecified atom stereocenters. The third-order valence-electron chi connectivity index (χ3n) is 4.23. The summed E-state index contributed by atoms with van der Waals surface area (Å²) in [5, 5.41) is 28.4. The van der Waals surface area contributed by atoms with Gasteiger partial charge in [0.2, 0.25) is 5.96 Å². The number of nitro groups is 2. The molecular formula is C19H25N7O4. The molecule has 11 nitrogen and oxygen atoms in total. The zero-order chi connectivity index (χ0) is 22.3. The Balaban J connectivity index is 2.28. The van der Waals surface area contributed by atoms with Crippen LogP contribution in [0.15, 0.2) is 51.9 Å². The Morgan fingerprint density at radius 1 is 1.27 bits per heavy atom. The highest BCUT2D eigenvalue weighted by Gasteiger charge is 2.18. The molecule has 2 N–H and O–H groups in total. The van der Waals surface area contributed by atoms with E-state index in [4.69, 9.17) is 0 Å². The Bertz CT molecular complexity index is 948. The van der Waals surface area contributed by atoms with Crippen molar-refractivity contribution in [2.24, 2.45) is 9.98 Å². The molecule has 1 heterocycles. The minimum Gasteiger partial charge on any atom is -0.372 e. The standard InChI is InChI=1S/C19H25N7O4/c1-5-20-18(26(29)30)13(2)11-14-7-6-10-21-19(22-14)23-15-8-9-16(24(3)4)17(12-15)25(27)28/h6,8-10,12,20H,5,7,11H2,1-4H3,(H,21,23)/b18-13+. The Labute approximate surface area is 174 Å². The van der Waals surface area contributed by atoms with Gasteiger partial charge in [-0.15, -0.1) is 0 Å². The van der Waals surface area contributed by atoms with E-state index in [1.807, 2.05) is 0 Å². The van der Waals surface area contributed by atoms with E-state index in [1.165, 1.54) is 6.07 Å². The second kappa shape index (κ2) is 10.1. The second-order valence-corrected chi connectivity index (χ2v) is 6.79. The molecule has 30 heavy (non-hydrogen) atoms. The Morgan fingerprint density at radius 3 is 2.60 bits per heavy atom. The molecule has 0 radical (unpaired) electrons. The van der Waals surface area contributed by atoms with Crippen LogP contribution < -0.4 is 15.5 Å². The largest absolute Gasteiger partial charge is 0.372 e. The van der Waals surface area contributed by atoms with Crippen LogP contribution in [0.4, 0.5) is 17.1 Å². The van der Waals surface area contributed by atoms with E-state index in [9.17, 15) is 20.2 Å². The molecule has 0 atom stereocenters. The summed E-state index contributed by atoms with van der Waals surface area (Å²) in [6, 6.07) is 4.77. The summed E-state index contributed by atoms with van der Waals surface area (Å²) in [5.41, 5.74) is 2.15. The van der Waals surface area contributed by atoms with Gasteiger partial charge in [0.25, 0.3) is 5.69 Å². The van der Waals surface area contributed by atoms with Gasteiger partial charge in [-0.25, -0.2) is 9.98 Å². The molecule has 0 aliphatic carbocycles. The van der Waals surface area contributed by atoms with Crippen LogP contribution >= 0.6 is 0 Å². The first-order valence-electron chi connectivity index (χ1n) is 9.33. The molecule has 2 rings (SSSR count). The minimum atomic E-state index is -0.446. The van der Waals surface area contributed by atoms with Crippen LogP contribution in [-0.2, 0) is 0 Å². The molecule has 0 amide bonds. The first-order valence-corrected chi connectivity index (χ1v) is 9.33. The van der Waals surface area contributed by atoms with E-state index in [2.05, 4.69) is 20.6 Å². The number of benzene rings is 1. The van der Waals surface area contributed by atoms with Crippen LogP contribution in [0.25, 0.3) is 0 Å². The van der Waals surface area contributed by atoms with Crippen molar-refractivity contribution in [3.8, 4) is 0 Å². The quantitative estimate of drug-likeness (QED) is 0.490. The molecule has 0 spiro atoms. The smallest absolute Gasteiger partial charge is 0.315 e. The highest BCUT2D eigenvalue weighted by atomic mass is 16.6. The first kappa shape index (κ1) is 22.5. The monoisotopic (exact) mass is 415 g/mol. The van der Waals surface area contributed by atoms with Crippen molar-refractivity contribution in [2.75, 3.05) is 30.9 Å². The second-order valence-electron chi connectivity index (χ2n) is 6.79. The van der Waals surface area contributed by atoms with Gasteiger partial charge >= 0.3 is 5.82 Å². The average Bonchev–Trinajstić information content (AvgIpc) is 2.90. The van der Waals surface area contributed by atoms with E-state index >= 15 is 0 Å². The molecule has 11 heteroatoms. The van der Waals surface area contributed by atoms with Crippen LogP contribution in [0.3, 0.4) is 0 Å². The number of hydrogen-bond acceptors (Lipinski definition) is 9. The minimum absolute atomic E-state index is 0.0326. The van der Waals surface area contributed by atoms with Crippen LogP contribution in [0.5, 0.6) is 0 Å². The highest BCUT2D eigenvalue weighted by Crippen LogP contribution is 2.30. The van der Waals surface area contributed by atoms with Gasteiger partial charge in [0, 0.05) is 56.2 Å². The van der Waals surface area contributed by atoms with E-state index in [0.29, 0.717) is 42.0 Å². The van der Waals surface area contributed by atoms with Crippen molar-refractivity contribution in [1.29, 1.82) is 0 Å². The average molecular weight is 415 g/mol. The maximum absolute atomic E-state index is 11.4. The number of aliphatic imine (C=N–C) groups is 2. The number of anilines is 2. The number of nitrogens with one attached hydrogen (secondary N) is 2. The molecule has 1 aromatic carbocycles. The predicted molar refractivity (Wildman–Crippen MR) is 118 cm³/mol. The van der Waals surface area contributed by atoms with Crippen molar-refractivity contribution in [3.63, 3.8) is 0 Å². The lowest BCUT2D eigenvalue weighted by atomic mass is 10.1. The summed E-state index contributed by atoms with van der Waals surface area (Å²) < 4.78 is 0. The maximum Gasteiger partial charge on any atom is 0.315 e. The van der Waals surface area contributed by atoms with Gasteiger partial charge in [-0.1, -0.05) is 6.08 Å². The third kappa shape index (κ3) is 5.87. The number of allylic oxidation sites excluding steroid dienone is 2. The van der Waals surface area contributed by atoms with Gasteiger partial charge in [0.05, 0.1) is 11.5 Å². The molecular weight excluding hydrogens is 390 g/mol. The zero-order valence-corrected chi connectivity index (χ0v) is 17.4. The fourth-order valence-corrected chi connectivity index (χ4v) is 2.89. The molecule has 0 saturated heterocycles. The first-order chi connectivity index (χ1) is 14.2. The third-order valence-corrected chi connectivity index (χ3v) is 4.23. The number of nitrogens with zero attached hydrogens (tertiary/aromatic N) is 5. The normalized spacial score (nSPS) is 14.1. The number of rotatable bonds is 8. The SMILES string of the molecule is CCN/C(=C(/C)CC1=NC(Nc2ccc(N(C)C)c([N+](=O)[O-])c2)=NC=CC1)[N+](=O)[O-]. The van der Waals surface area contributed by atoms with Crippen LogP contribution in [0, 0.1) is 20.2 Å². The maximum atomic E-state index is 11.4. The molecule has 0 saturated carbocycles. The molecule has 160 valence electrons. The summed E-state index contributed by atoms with van der Waals surface area (Å²) in [7, 11) is 3.46. The van der Waals surface area contributed by atoms with Gasteiger partial charge in [0.1, 0.15) is 5.69 Å². The highest BCUT2D eigenvalue weighted by molar-refractivity contribution is 6.05. The van der Waals surface area contributed by atoms with Crippen molar-refractivity contribution in [3.05, 3.63) is 62.1 Å². The Kier molecular flexibility index (Phi) is 7.62. The van der Waals surface area contributed by atoms with E-state index in [0.717, 1.165) is 0 Å². The fourth-order valence-electron chi connectivity index (χ4n) is 2.89. The molecule has 0 bridgehead atoms. The lowest BCUT2D eigenvalue weighted by Gasteiger charge is -2.14. The van der Waals surface area contributed by atoms with Gasteiger partial charge in [-0.2, -0.15) is 0 Å². The summed E-state index contributed by atoms with van der Waals surface area (Å²) in [6.45, 7) is 3.92. The Hall–Kier alpha value is -3.76. The van der Waals surface area contributed by atoms with Crippen molar-refractivity contribution < 1.29 is 9.85 Å². The number of nitro benzene ring substituents is 1. The molecule has 1 aliphatic heterocycles. The molecule has 0 fully saturated rings. The lowest BCUT2D eigenvalue weighted by molar-refractivity contribution is -0.433. The summed E-state index contributed by atoms with van der Waals surface area (Å²) in [6.07, 6.45) is 4.17. The van der Waals surface area contributed by atoms with E-state index in [1.54, 1.807) is 57.3 Å². The van der Waals surface area contributed by atoms with Crippen molar-refractivity contribution in [2.45, 2.75) is 26.7 Å². The van der Waals surface area contributed by atoms with Crippen molar-refractivity contribution in [1.82, 2.24) is 5.32 Å². The number of guanidine groups is 1. The van der Waals surface area contributed by atoms with Crippen LogP contribution in [0.1, 0.15) is 26.7 Å². The van der Waals surface area contributed by atoms with Crippen LogP contribution in [-0.4, -0.2) is 42.2 Å². The zero-order valence-electron chi connectivity index (χ0n) is 17.4. The lowest BCUT2D eigenvalue weighted by Crippen LogP contribution is -2.22. The molecule has 1 aromatic rings.